The van der Waals surface area contributed by atoms with Gasteiger partial charge in [0.25, 0.3) is 5.91 Å². The summed E-state index contributed by atoms with van der Waals surface area (Å²) in [5.41, 5.74) is 4.81. The predicted octanol–water partition coefficient (Wildman–Crippen LogP) is 3.90. The van der Waals surface area contributed by atoms with Crippen molar-refractivity contribution in [1.82, 2.24) is 9.78 Å². The number of aromatic nitrogens is 2. The summed E-state index contributed by atoms with van der Waals surface area (Å²) in [6, 6.07) is 13.7. The number of amides is 1. The lowest BCUT2D eigenvalue weighted by Crippen LogP contribution is -2.16. The number of carbonyl (C=O) groups is 1. The molecule has 138 valence electrons. The highest BCUT2D eigenvalue weighted by atomic mass is 19.1. The molecule has 1 aromatic heterocycles. The summed E-state index contributed by atoms with van der Waals surface area (Å²) in [4.78, 5) is 12.9. The third kappa shape index (κ3) is 3.36. The van der Waals surface area contributed by atoms with E-state index in [9.17, 15) is 9.18 Å². The Morgan fingerprint density at radius 3 is 2.74 bits per heavy atom. The summed E-state index contributed by atoms with van der Waals surface area (Å²) < 4.78 is 20.2. The van der Waals surface area contributed by atoms with Gasteiger partial charge in [-0.25, -0.2) is 9.07 Å². The number of anilines is 1. The fourth-order valence-corrected chi connectivity index (χ4v) is 3.52. The largest absolute Gasteiger partial charge is 0.380 e. The van der Waals surface area contributed by atoms with E-state index in [4.69, 9.17) is 4.74 Å². The smallest absolute Gasteiger partial charge is 0.276 e. The van der Waals surface area contributed by atoms with Gasteiger partial charge < -0.3 is 10.1 Å². The van der Waals surface area contributed by atoms with Gasteiger partial charge in [-0.15, -0.1) is 0 Å². The minimum absolute atomic E-state index is 0.238. The second kappa shape index (κ2) is 7.32. The first-order valence-corrected chi connectivity index (χ1v) is 8.92. The van der Waals surface area contributed by atoms with Gasteiger partial charge in [-0.3, -0.25) is 4.79 Å². The zero-order valence-electron chi connectivity index (χ0n) is 15.0. The number of nitrogens with zero attached hydrogens (tertiary/aromatic N) is 2. The first kappa shape index (κ1) is 17.4. The van der Waals surface area contributed by atoms with E-state index in [2.05, 4.69) is 10.4 Å². The first-order valence-electron chi connectivity index (χ1n) is 8.92. The average Bonchev–Trinajstić information content (AvgIpc) is 3.27. The second-order valence-corrected chi connectivity index (χ2v) is 6.56. The molecule has 4 rings (SSSR count). The van der Waals surface area contributed by atoms with Gasteiger partial charge in [0.05, 0.1) is 12.3 Å². The molecule has 0 fully saturated rings. The zero-order valence-corrected chi connectivity index (χ0v) is 15.0. The number of rotatable bonds is 5. The zero-order chi connectivity index (χ0) is 18.8. The summed E-state index contributed by atoms with van der Waals surface area (Å²) in [7, 11) is 1.62. The van der Waals surface area contributed by atoms with Crippen molar-refractivity contribution in [2.24, 2.45) is 0 Å². The third-order valence-electron chi connectivity index (χ3n) is 4.78. The van der Waals surface area contributed by atoms with Gasteiger partial charge in [0.2, 0.25) is 0 Å². The molecule has 2 aromatic carbocycles. The highest BCUT2D eigenvalue weighted by Gasteiger charge is 2.27. The minimum atomic E-state index is -0.296. The van der Waals surface area contributed by atoms with Crippen LogP contribution >= 0.6 is 0 Å². The van der Waals surface area contributed by atoms with Crippen molar-refractivity contribution < 1.29 is 13.9 Å². The van der Waals surface area contributed by atoms with E-state index in [0.29, 0.717) is 18.0 Å². The van der Waals surface area contributed by atoms with E-state index < -0.39 is 0 Å². The summed E-state index contributed by atoms with van der Waals surface area (Å²) in [5.74, 6) is -0.534. The van der Waals surface area contributed by atoms with Crippen LogP contribution in [-0.4, -0.2) is 22.8 Å². The van der Waals surface area contributed by atoms with E-state index in [1.54, 1.807) is 23.9 Å². The quantitative estimate of drug-likeness (QED) is 0.746. The Balaban J connectivity index is 1.67. The number of methoxy groups -OCH3 is 1. The van der Waals surface area contributed by atoms with Gasteiger partial charge in [0.1, 0.15) is 5.82 Å². The topological polar surface area (TPSA) is 56.1 Å². The van der Waals surface area contributed by atoms with Gasteiger partial charge in [-0.1, -0.05) is 18.2 Å². The molecular formula is C21H20FN3O2. The molecule has 0 radical (unpaired) electrons. The van der Waals surface area contributed by atoms with Crippen molar-refractivity contribution in [2.45, 2.75) is 25.9 Å². The number of hydrogen-bond donors (Lipinski definition) is 1. The Morgan fingerprint density at radius 2 is 1.96 bits per heavy atom. The molecule has 3 aromatic rings. The molecule has 0 saturated heterocycles. The first-order chi connectivity index (χ1) is 13.2. The van der Waals surface area contributed by atoms with Crippen molar-refractivity contribution in [3.8, 4) is 5.69 Å². The SMILES string of the molecule is COCc1ccccc1NC(=O)c1nn(-c2ccc(F)cc2)c2c1CCC2. The van der Waals surface area contributed by atoms with E-state index in [-0.39, 0.29) is 11.7 Å². The second-order valence-electron chi connectivity index (χ2n) is 6.56. The van der Waals surface area contributed by atoms with Crippen LogP contribution in [0.15, 0.2) is 48.5 Å². The van der Waals surface area contributed by atoms with Crippen molar-refractivity contribution in [3.05, 3.63) is 76.9 Å². The molecule has 27 heavy (non-hydrogen) atoms. The Labute approximate surface area is 156 Å². The molecule has 0 atom stereocenters. The van der Waals surface area contributed by atoms with Crippen LogP contribution in [0.4, 0.5) is 10.1 Å². The normalized spacial score (nSPS) is 12.8. The fraction of sp³-hybridized carbons (Fsp3) is 0.238. The molecule has 0 unspecified atom stereocenters. The lowest BCUT2D eigenvalue weighted by atomic mass is 10.1. The van der Waals surface area contributed by atoms with Crippen molar-refractivity contribution in [2.75, 3.05) is 12.4 Å². The molecule has 1 amide bonds. The number of carbonyl (C=O) groups excluding carboxylic acids is 1. The molecule has 1 aliphatic rings. The van der Waals surface area contributed by atoms with Crippen LogP contribution < -0.4 is 5.32 Å². The van der Waals surface area contributed by atoms with Gasteiger partial charge in [-0.05, 0) is 49.6 Å². The van der Waals surface area contributed by atoms with Crippen LogP contribution in [-0.2, 0) is 24.2 Å². The molecule has 0 aliphatic heterocycles. The van der Waals surface area contributed by atoms with Crippen LogP contribution in [0, 0.1) is 5.82 Å². The third-order valence-corrected chi connectivity index (χ3v) is 4.78. The number of halogens is 1. The Bertz CT molecular complexity index is 980. The molecule has 0 saturated carbocycles. The van der Waals surface area contributed by atoms with E-state index in [1.807, 2.05) is 24.3 Å². The van der Waals surface area contributed by atoms with E-state index in [1.165, 1.54) is 12.1 Å². The standard InChI is InChI=1S/C21H20FN3O2/c1-27-13-14-5-2-3-7-18(14)23-21(26)20-17-6-4-8-19(17)25(24-20)16-11-9-15(22)10-12-16/h2-3,5,7,9-12H,4,6,8,13H2,1H3,(H,23,26). The van der Waals surface area contributed by atoms with E-state index >= 15 is 0 Å². The predicted molar refractivity (Wildman–Crippen MR) is 101 cm³/mol. The number of hydrogen-bond acceptors (Lipinski definition) is 3. The maximum atomic E-state index is 13.2. The average molecular weight is 365 g/mol. The number of nitrogens with one attached hydrogen (secondary N) is 1. The lowest BCUT2D eigenvalue weighted by Gasteiger charge is -2.10. The number of ether oxygens (including phenoxy) is 1. The lowest BCUT2D eigenvalue weighted by molar-refractivity contribution is 0.102. The Kier molecular flexibility index (Phi) is 4.73. The molecule has 0 spiro atoms. The summed E-state index contributed by atoms with van der Waals surface area (Å²) in [6.45, 7) is 0.415. The van der Waals surface area contributed by atoms with Crippen LogP contribution in [0.2, 0.25) is 0 Å². The maximum Gasteiger partial charge on any atom is 0.276 e. The highest BCUT2D eigenvalue weighted by Crippen LogP contribution is 2.29. The molecule has 1 aliphatic carbocycles. The van der Waals surface area contributed by atoms with Gasteiger partial charge in [0.15, 0.2) is 5.69 Å². The molecule has 0 bridgehead atoms. The van der Waals surface area contributed by atoms with Crippen LogP contribution in [0.25, 0.3) is 5.69 Å². The Morgan fingerprint density at radius 1 is 1.19 bits per heavy atom. The molecule has 5 nitrogen and oxygen atoms in total. The van der Waals surface area contributed by atoms with Gasteiger partial charge >= 0.3 is 0 Å². The van der Waals surface area contributed by atoms with Gasteiger partial charge in [-0.2, -0.15) is 5.10 Å². The van der Waals surface area contributed by atoms with Crippen molar-refractivity contribution in [3.63, 3.8) is 0 Å². The van der Waals surface area contributed by atoms with Crippen LogP contribution in [0.5, 0.6) is 0 Å². The summed E-state index contributed by atoms with van der Waals surface area (Å²) in [6.07, 6.45) is 2.65. The summed E-state index contributed by atoms with van der Waals surface area (Å²) in [5, 5.41) is 7.51. The van der Waals surface area contributed by atoms with Crippen molar-refractivity contribution >= 4 is 11.6 Å². The van der Waals surface area contributed by atoms with Crippen molar-refractivity contribution in [1.29, 1.82) is 0 Å². The molecular weight excluding hydrogens is 345 g/mol. The molecule has 6 heteroatoms. The number of para-hydroxylation sites is 1. The van der Waals surface area contributed by atoms with E-state index in [0.717, 1.165) is 41.8 Å². The maximum absolute atomic E-state index is 13.2. The van der Waals surface area contributed by atoms with Crippen LogP contribution in [0.3, 0.4) is 0 Å². The minimum Gasteiger partial charge on any atom is -0.380 e. The number of benzene rings is 2. The van der Waals surface area contributed by atoms with Gasteiger partial charge in [0, 0.05) is 29.6 Å². The molecule has 1 N–H and O–H groups in total. The molecule has 1 heterocycles. The fourth-order valence-electron chi connectivity index (χ4n) is 3.52. The highest BCUT2D eigenvalue weighted by molar-refractivity contribution is 6.04. The Hall–Kier alpha value is -2.99. The monoisotopic (exact) mass is 365 g/mol. The van der Waals surface area contributed by atoms with Crippen LogP contribution in [0.1, 0.15) is 33.7 Å². The summed E-state index contributed by atoms with van der Waals surface area (Å²) >= 11 is 0. The number of fused-ring (bicyclic) bond motifs is 1.